The van der Waals surface area contributed by atoms with Gasteiger partial charge in [0.1, 0.15) is 11.3 Å². The molecule has 1 aromatic carbocycles. The Hall–Kier alpha value is -1.81. The van der Waals surface area contributed by atoms with E-state index in [1.54, 1.807) is 0 Å². The molecule has 1 aromatic heterocycles. The zero-order valence-electron chi connectivity index (χ0n) is 10.4. The van der Waals surface area contributed by atoms with Crippen molar-refractivity contribution in [2.75, 3.05) is 12.0 Å². The van der Waals surface area contributed by atoms with Crippen molar-refractivity contribution in [1.29, 1.82) is 0 Å². The van der Waals surface area contributed by atoms with Gasteiger partial charge in [-0.2, -0.15) is 0 Å². The van der Waals surface area contributed by atoms with Crippen molar-refractivity contribution in [3.63, 3.8) is 0 Å². The predicted molar refractivity (Wildman–Crippen MR) is 72.7 cm³/mol. The molecule has 0 saturated heterocycles. The minimum atomic E-state index is 0.594. The van der Waals surface area contributed by atoms with Crippen LogP contribution in [-0.4, -0.2) is 11.6 Å². The topological polar surface area (TPSA) is 60.2 Å². The molecule has 0 atom stereocenters. The third-order valence-corrected chi connectivity index (χ3v) is 3.27. The van der Waals surface area contributed by atoms with Gasteiger partial charge in [-0.25, -0.2) is 4.98 Å². The van der Waals surface area contributed by atoms with Crippen LogP contribution in [0, 0.1) is 0 Å². The Kier molecular flexibility index (Phi) is 2.80. The number of hydrazine groups is 1. The molecular weight excluding hydrogens is 226 g/mol. The maximum atomic E-state index is 5.64. The van der Waals surface area contributed by atoms with Gasteiger partial charge in [-0.05, 0) is 31.9 Å². The van der Waals surface area contributed by atoms with Gasteiger partial charge in [-0.1, -0.05) is 12.1 Å². The predicted octanol–water partition coefficient (Wildman–Crippen LogP) is 2.80. The number of nitrogen functional groups attached to an aromatic ring is 1. The summed E-state index contributed by atoms with van der Waals surface area (Å²) in [6, 6.07) is 7.98. The van der Waals surface area contributed by atoms with Crippen LogP contribution in [-0.2, 0) is 0 Å². The van der Waals surface area contributed by atoms with Gasteiger partial charge in [0.05, 0.1) is 12.3 Å². The third-order valence-electron chi connectivity index (χ3n) is 3.27. The van der Waals surface area contributed by atoms with E-state index in [0.29, 0.717) is 12.5 Å². The molecule has 1 aliphatic rings. The van der Waals surface area contributed by atoms with E-state index >= 15 is 0 Å². The van der Waals surface area contributed by atoms with E-state index in [0.717, 1.165) is 28.0 Å². The van der Waals surface area contributed by atoms with Crippen LogP contribution in [0.15, 0.2) is 24.3 Å². The molecule has 2 aromatic rings. The van der Waals surface area contributed by atoms with Crippen molar-refractivity contribution < 1.29 is 4.74 Å². The van der Waals surface area contributed by atoms with Gasteiger partial charge >= 0.3 is 0 Å². The van der Waals surface area contributed by atoms with E-state index in [1.807, 2.05) is 25.1 Å². The lowest BCUT2D eigenvalue weighted by atomic mass is 10.1. The molecular formula is C14H17N3O. The van der Waals surface area contributed by atoms with Crippen molar-refractivity contribution in [3.8, 4) is 5.75 Å². The molecule has 0 unspecified atom stereocenters. The SMILES string of the molecule is CCOc1cccc2c(NN)cc(C3CC3)nc12. The number of anilines is 1. The smallest absolute Gasteiger partial charge is 0.145 e. The lowest BCUT2D eigenvalue weighted by Crippen LogP contribution is -2.08. The van der Waals surface area contributed by atoms with E-state index in [-0.39, 0.29) is 0 Å². The molecule has 0 spiro atoms. The summed E-state index contributed by atoms with van der Waals surface area (Å²) in [4.78, 5) is 4.74. The van der Waals surface area contributed by atoms with E-state index < -0.39 is 0 Å². The second kappa shape index (κ2) is 4.46. The second-order valence-electron chi connectivity index (χ2n) is 4.60. The second-order valence-corrected chi connectivity index (χ2v) is 4.60. The summed E-state index contributed by atoms with van der Waals surface area (Å²) < 4.78 is 5.64. The van der Waals surface area contributed by atoms with E-state index in [1.165, 1.54) is 12.8 Å². The molecule has 1 saturated carbocycles. The van der Waals surface area contributed by atoms with Crippen molar-refractivity contribution in [3.05, 3.63) is 30.0 Å². The molecule has 1 heterocycles. The van der Waals surface area contributed by atoms with Crippen LogP contribution in [0.25, 0.3) is 10.9 Å². The van der Waals surface area contributed by atoms with Gasteiger partial charge in [0.15, 0.2) is 0 Å². The van der Waals surface area contributed by atoms with Crippen LogP contribution in [0.3, 0.4) is 0 Å². The number of ether oxygens (including phenoxy) is 1. The van der Waals surface area contributed by atoms with Gasteiger partial charge in [0.25, 0.3) is 0 Å². The molecule has 18 heavy (non-hydrogen) atoms. The van der Waals surface area contributed by atoms with E-state index in [4.69, 9.17) is 15.6 Å². The van der Waals surface area contributed by atoms with E-state index in [9.17, 15) is 0 Å². The first-order valence-corrected chi connectivity index (χ1v) is 6.36. The summed E-state index contributed by atoms with van der Waals surface area (Å²) in [6.07, 6.45) is 2.44. The average molecular weight is 243 g/mol. The zero-order chi connectivity index (χ0) is 12.5. The number of benzene rings is 1. The fourth-order valence-corrected chi connectivity index (χ4v) is 2.22. The minimum absolute atomic E-state index is 0.594. The Morgan fingerprint density at radius 1 is 1.44 bits per heavy atom. The molecule has 0 aliphatic heterocycles. The first kappa shape index (κ1) is 11.3. The maximum absolute atomic E-state index is 5.64. The van der Waals surface area contributed by atoms with Crippen molar-refractivity contribution >= 4 is 16.6 Å². The van der Waals surface area contributed by atoms with Crippen LogP contribution in [0.5, 0.6) is 5.75 Å². The number of nitrogens with zero attached hydrogens (tertiary/aromatic N) is 1. The summed E-state index contributed by atoms with van der Waals surface area (Å²) in [5.41, 5.74) is 5.70. The number of fused-ring (bicyclic) bond motifs is 1. The fourth-order valence-electron chi connectivity index (χ4n) is 2.22. The van der Waals surface area contributed by atoms with Crippen LogP contribution in [0.4, 0.5) is 5.69 Å². The standard InChI is InChI=1S/C14H17N3O/c1-2-18-13-5-3-4-10-12(17-15)8-11(9-6-7-9)16-14(10)13/h3-5,8-9H,2,6-7,15H2,1H3,(H,16,17). The Balaban J connectivity index is 2.21. The Bertz CT molecular complexity index is 579. The average Bonchev–Trinajstić information content (AvgIpc) is 3.22. The molecule has 3 rings (SSSR count). The minimum Gasteiger partial charge on any atom is -0.492 e. The number of nitrogens with two attached hydrogens (primary N) is 1. The lowest BCUT2D eigenvalue weighted by molar-refractivity contribution is 0.343. The maximum Gasteiger partial charge on any atom is 0.145 e. The summed E-state index contributed by atoms with van der Waals surface area (Å²) in [7, 11) is 0. The molecule has 0 radical (unpaired) electrons. The lowest BCUT2D eigenvalue weighted by Gasteiger charge is -2.12. The molecule has 94 valence electrons. The van der Waals surface area contributed by atoms with Gasteiger partial charge in [-0.3, -0.25) is 5.84 Å². The fraction of sp³-hybridized carbons (Fsp3) is 0.357. The Labute approximate surface area is 106 Å². The largest absolute Gasteiger partial charge is 0.492 e. The van der Waals surface area contributed by atoms with Crippen LogP contribution < -0.4 is 16.0 Å². The van der Waals surface area contributed by atoms with E-state index in [2.05, 4.69) is 11.5 Å². The summed E-state index contributed by atoms with van der Waals surface area (Å²) in [5.74, 6) is 7.03. The highest BCUT2D eigenvalue weighted by Crippen LogP contribution is 2.42. The molecule has 1 fully saturated rings. The third kappa shape index (κ3) is 1.88. The van der Waals surface area contributed by atoms with Crippen LogP contribution in [0.1, 0.15) is 31.4 Å². The van der Waals surface area contributed by atoms with Crippen molar-refractivity contribution in [2.45, 2.75) is 25.7 Å². The molecule has 0 bridgehead atoms. The quantitative estimate of drug-likeness (QED) is 0.640. The number of rotatable bonds is 4. The number of hydrogen-bond donors (Lipinski definition) is 2. The Morgan fingerprint density at radius 3 is 2.94 bits per heavy atom. The van der Waals surface area contributed by atoms with Gasteiger partial charge in [-0.15, -0.1) is 0 Å². The number of aromatic nitrogens is 1. The van der Waals surface area contributed by atoms with Crippen molar-refractivity contribution in [2.24, 2.45) is 5.84 Å². The molecule has 4 nitrogen and oxygen atoms in total. The van der Waals surface area contributed by atoms with Gasteiger partial charge in [0.2, 0.25) is 0 Å². The molecule has 4 heteroatoms. The van der Waals surface area contributed by atoms with Gasteiger partial charge < -0.3 is 10.2 Å². The highest BCUT2D eigenvalue weighted by atomic mass is 16.5. The number of pyridine rings is 1. The summed E-state index contributed by atoms with van der Waals surface area (Å²) in [6.45, 7) is 2.62. The molecule has 1 aliphatic carbocycles. The molecule has 3 N–H and O–H groups in total. The van der Waals surface area contributed by atoms with Crippen LogP contribution >= 0.6 is 0 Å². The van der Waals surface area contributed by atoms with Gasteiger partial charge in [0, 0.05) is 17.0 Å². The number of nitrogens with one attached hydrogen (secondary N) is 1. The normalized spacial score (nSPS) is 14.8. The van der Waals surface area contributed by atoms with Crippen molar-refractivity contribution in [1.82, 2.24) is 4.98 Å². The number of hydrogen-bond acceptors (Lipinski definition) is 4. The first-order chi connectivity index (χ1) is 8.83. The monoisotopic (exact) mass is 243 g/mol. The number of para-hydroxylation sites is 1. The van der Waals surface area contributed by atoms with Crippen LogP contribution in [0.2, 0.25) is 0 Å². The summed E-state index contributed by atoms with van der Waals surface area (Å²) >= 11 is 0. The Morgan fingerprint density at radius 2 is 2.28 bits per heavy atom. The highest BCUT2D eigenvalue weighted by Gasteiger charge is 2.26. The first-order valence-electron chi connectivity index (χ1n) is 6.36. The molecule has 0 amide bonds. The highest BCUT2D eigenvalue weighted by molar-refractivity contribution is 5.95. The summed E-state index contributed by atoms with van der Waals surface area (Å²) in [5, 5.41) is 1.01. The zero-order valence-corrected chi connectivity index (χ0v) is 10.4.